The molecule has 0 radical (unpaired) electrons. The number of rotatable bonds is 4. The van der Waals surface area contributed by atoms with Crippen LogP contribution in [0.15, 0.2) is 36.5 Å². The van der Waals surface area contributed by atoms with Gasteiger partial charge in [-0.05, 0) is 55.9 Å². The quantitative estimate of drug-likeness (QED) is 0.715. The minimum atomic E-state index is 0.0657. The van der Waals surface area contributed by atoms with Gasteiger partial charge in [0.05, 0.1) is 10.0 Å². The van der Waals surface area contributed by atoms with Crippen LogP contribution in [0.4, 0.5) is 5.69 Å². The molecule has 0 unspecified atom stereocenters. The number of halogens is 2. The summed E-state index contributed by atoms with van der Waals surface area (Å²) in [4.78, 5) is 16.5. The predicted molar refractivity (Wildman–Crippen MR) is 101 cm³/mol. The van der Waals surface area contributed by atoms with Crippen molar-refractivity contribution in [1.82, 2.24) is 4.98 Å². The summed E-state index contributed by atoms with van der Waals surface area (Å²) in [5.74, 6) is 1.75. The number of hydrogen-bond donors (Lipinski definition) is 1. The van der Waals surface area contributed by atoms with Crippen molar-refractivity contribution in [3.05, 3.63) is 46.6 Å². The monoisotopic (exact) mass is 378 g/mol. The third kappa shape index (κ3) is 4.86. The van der Waals surface area contributed by atoms with Gasteiger partial charge in [-0.2, -0.15) is 0 Å². The molecule has 1 amide bonds. The molecule has 0 saturated heterocycles. The Balaban J connectivity index is 1.63. The molecule has 0 spiro atoms. The van der Waals surface area contributed by atoms with Crippen LogP contribution in [0.3, 0.4) is 0 Å². The molecular formula is C19H20Cl2N2O2. The smallest absolute Gasteiger partial charge is 0.227 e. The van der Waals surface area contributed by atoms with Gasteiger partial charge in [-0.1, -0.05) is 30.1 Å². The zero-order chi connectivity index (χ0) is 17.8. The highest BCUT2D eigenvalue weighted by Gasteiger charge is 2.24. The Labute approximate surface area is 157 Å². The van der Waals surface area contributed by atoms with Crippen LogP contribution in [-0.4, -0.2) is 10.9 Å². The van der Waals surface area contributed by atoms with Gasteiger partial charge in [0.15, 0.2) is 0 Å². The van der Waals surface area contributed by atoms with Crippen molar-refractivity contribution in [3.8, 4) is 11.6 Å². The zero-order valence-corrected chi connectivity index (χ0v) is 15.5. The lowest BCUT2D eigenvalue weighted by Crippen LogP contribution is -2.26. The average molecular weight is 379 g/mol. The van der Waals surface area contributed by atoms with E-state index in [1.807, 2.05) is 0 Å². The minimum absolute atomic E-state index is 0.0657. The molecule has 132 valence electrons. The molecule has 0 aliphatic heterocycles. The highest BCUT2D eigenvalue weighted by atomic mass is 35.5. The number of amides is 1. The summed E-state index contributed by atoms with van der Waals surface area (Å²) in [7, 11) is 0. The third-order valence-electron chi connectivity index (χ3n) is 4.50. The van der Waals surface area contributed by atoms with E-state index in [0.717, 1.165) is 31.6 Å². The van der Waals surface area contributed by atoms with E-state index in [1.165, 1.54) is 6.20 Å². The van der Waals surface area contributed by atoms with Crippen molar-refractivity contribution in [3.63, 3.8) is 0 Å². The second-order valence-electron chi connectivity index (χ2n) is 6.51. The minimum Gasteiger partial charge on any atom is -0.437 e. The molecule has 1 aromatic heterocycles. The van der Waals surface area contributed by atoms with Crippen LogP contribution in [0.5, 0.6) is 11.6 Å². The third-order valence-corrected chi connectivity index (χ3v) is 5.02. The van der Waals surface area contributed by atoms with E-state index in [1.54, 1.807) is 30.3 Å². The van der Waals surface area contributed by atoms with Crippen LogP contribution in [-0.2, 0) is 4.79 Å². The van der Waals surface area contributed by atoms with Gasteiger partial charge >= 0.3 is 0 Å². The lowest BCUT2D eigenvalue weighted by Gasteiger charge is -2.25. The molecule has 0 atom stereocenters. The maximum atomic E-state index is 12.4. The number of nitrogens with zero attached hydrogens (tertiary/aromatic N) is 1. The molecule has 1 aliphatic carbocycles. The maximum absolute atomic E-state index is 12.4. The molecule has 1 aromatic carbocycles. The number of ether oxygens (including phenoxy) is 1. The van der Waals surface area contributed by atoms with Crippen LogP contribution in [0.1, 0.15) is 32.6 Å². The van der Waals surface area contributed by atoms with Crippen LogP contribution >= 0.6 is 23.2 Å². The van der Waals surface area contributed by atoms with Gasteiger partial charge in [0.2, 0.25) is 11.8 Å². The Morgan fingerprint density at radius 1 is 1.16 bits per heavy atom. The summed E-state index contributed by atoms with van der Waals surface area (Å²) in [5, 5.41) is 3.90. The van der Waals surface area contributed by atoms with E-state index in [-0.39, 0.29) is 11.8 Å². The first-order valence-electron chi connectivity index (χ1n) is 8.41. The van der Waals surface area contributed by atoms with Crippen molar-refractivity contribution >= 4 is 34.8 Å². The second-order valence-corrected chi connectivity index (χ2v) is 7.35. The second kappa shape index (κ2) is 8.07. The molecule has 4 nitrogen and oxygen atoms in total. The van der Waals surface area contributed by atoms with E-state index in [0.29, 0.717) is 27.4 Å². The van der Waals surface area contributed by atoms with Gasteiger partial charge in [0.1, 0.15) is 5.75 Å². The maximum Gasteiger partial charge on any atom is 0.227 e. The fraction of sp³-hybridized carbons (Fsp3) is 0.368. The number of benzene rings is 1. The molecule has 2 aromatic rings. The van der Waals surface area contributed by atoms with E-state index in [2.05, 4.69) is 17.2 Å². The van der Waals surface area contributed by atoms with E-state index in [9.17, 15) is 4.79 Å². The summed E-state index contributed by atoms with van der Waals surface area (Å²) in [5.41, 5.74) is 0.671. The zero-order valence-electron chi connectivity index (χ0n) is 14.0. The Hall–Kier alpha value is -1.78. The SMILES string of the molecule is CC1CCC(C(=O)Nc2ccc(Oc3ccc(Cl)cn3)c(Cl)c2)CC1. The first kappa shape index (κ1) is 18.0. The van der Waals surface area contributed by atoms with Crippen molar-refractivity contribution in [1.29, 1.82) is 0 Å². The molecule has 0 bridgehead atoms. The summed E-state index contributed by atoms with van der Waals surface area (Å²) in [6, 6.07) is 8.55. The highest BCUT2D eigenvalue weighted by molar-refractivity contribution is 6.32. The van der Waals surface area contributed by atoms with Gasteiger partial charge in [0.25, 0.3) is 0 Å². The Morgan fingerprint density at radius 2 is 1.92 bits per heavy atom. The molecule has 6 heteroatoms. The topological polar surface area (TPSA) is 51.2 Å². The Bertz CT molecular complexity index is 742. The summed E-state index contributed by atoms with van der Waals surface area (Å²) in [6.07, 6.45) is 5.62. The average Bonchev–Trinajstić information content (AvgIpc) is 2.60. The Kier molecular flexibility index (Phi) is 5.82. The first-order valence-corrected chi connectivity index (χ1v) is 9.16. The summed E-state index contributed by atoms with van der Waals surface area (Å²) in [6.45, 7) is 2.24. The number of hydrogen-bond acceptors (Lipinski definition) is 3. The highest BCUT2D eigenvalue weighted by Crippen LogP contribution is 2.33. The number of anilines is 1. The first-order chi connectivity index (χ1) is 12.0. The number of carbonyl (C=O) groups is 1. The van der Waals surface area contributed by atoms with Gasteiger partial charge in [-0.15, -0.1) is 0 Å². The van der Waals surface area contributed by atoms with E-state index in [4.69, 9.17) is 27.9 Å². The number of pyridine rings is 1. The lowest BCUT2D eigenvalue weighted by molar-refractivity contribution is -0.121. The van der Waals surface area contributed by atoms with Crippen LogP contribution in [0.25, 0.3) is 0 Å². The normalized spacial score (nSPS) is 20.1. The number of aromatic nitrogens is 1. The standard InChI is InChI=1S/C19H20Cl2N2O2/c1-12-2-4-13(5-3-12)19(24)23-15-7-8-17(16(21)10-15)25-18-9-6-14(20)11-22-18/h6-13H,2-5H2,1H3,(H,23,24). The fourth-order valence-electron chi connectivity index (χ4n) is 2.96. The molecular weight excluding hydrogens is 359 g/mol. The molecule has 1 saturated carbocycles. The van der Waals surface area contributed by atoms with E-state index >= 15 is 0 Å². The molecule has 1 N–H and O–H groups in total. The van der Waals surface area contributed by atoms with Gasteiger partial charge in [-0.3, -0.25) is 4.79 Å². The van der Waals surface area contributed by atoms with Gasteiger partial charge in [-0.25, -0.2) is 4.98 Å². The molecule has 25 heavy (non-hydrogen) atoms. The lowest BCUT2D eigenvalue weighted by atomic mass is 9.82. The van der Waals surface area contributed by atoms with Crippen LogP contribution in [0, 0.1) is 11.8 Å². The largest absolute Gasteiger partial charge is 0.437 e. The summed E-state index contributed by atoms with van der Waals surface area (Å²) < 4.78 is 5.64. The number of carbonyl (C=O) groups excluding carboxylic acids is 1. The van der Waals surface area contributed by atoms with Gasteiger partial charge < -0.3 is 10.1 Å². The van der Waals surface area contributed by atoms with Crippen molar-refractivity contribution in [2.45, 2.75) is 32.6 Å². The van der Waals surface area contributed by atoms with Crippen LogP contribution < -0.4 is 10.1 Å². The van der Waals surface area contributed by atoms with Crippen molar-refractivity contribution in [2.24, 2.45) is 11.8 Å². The van der Waals surface area contributed by atoms with Gasteiger partial charge in [0, 0.05) is 23.9 Å². The Morgan fingerprint density at radius 3 is 2.56 bits per heavy atom. The van der Waals surface area contributed by atoms with Crippen LogP contribution in [0.2, 0.25) is 10.0 Å². The van der Waals surface area contributed by atoms with Crippen molar-refractivity contribution < 1.29 is 9.53 Å². The molecule has 1 heterocycles. The molecule has 1 aliphatic rings. The van der Waals surface area contributed by atoms with E-state index < -0.39 is 0 Å². The van der Waals surface area contributed by atoms with Crippen molar-refractivity contribution in [2.75, 3.05) is 5.32 Å². The molecule has 3 rings (SSSR count). The number of nitrogens with one attached hydrogen (secondary N) is 1. The molecule has 1 fully saturated rings. The fourth-order valence-corrected chi connectivity index (χ4v) is 3.29. The predicted octanol–water partition coefficient (Wildman–Crippen LogP) is 5.95. The summed E-state index contributed by atoms with van der Waals surface area (Å²) >= 11 is 12.1.